The summed E-state index contributed by atoms with van der Waals surface area (Å²) in [6.07, 6.45) is 0.381. The lowest BCUT2D eigenvalue weighted by atomic mass is 10.1. The van der Waals surface area contributed by atoms with Gasteiger partial charge in [0, 0.05) is 25.6 Å². The maximum absolute atomic E-state index is 11.9. The molecule has 0 atom stereocenters. The molecule has 0 aliphatic heterocycles. The van der Waals surface area contributed by atoms with Gasteiger partial charge >= 0.3 is 0 Å². The fraction of sp³-hybridized carbons (Fsp3) is 0.316. The summed E-state index contributed by atoms with van der Waals surface area (Å²) in [6.45, 7) is 3.10. The highest BCUT2D eigenvalue weighted by Gasteiger charge is 2.06. The van der Waals surface area contributed by atoms with Crippen molar-refractivity contribution in [3.8, 4) is 11.5 Å². The molecule has 1 amide bonds. The van der Waals surface area contributed by atoms with E-state index in [4.69, 9.17) is 9.47 Å². The van der Waals surface area contributed by atoms with Crippen LogP contribution in [0.5, 0.6) is 11.5 Å². The molecule has 0 saturated heterocycles. The minimum Gasteiger partial charge on any atom is -0.497 e. The second kappa shape index (κ2) is 8.82. The summed E-state index contributed by atoms with van der Waals surface area (Å²) >= 11 is 0. The van der Waals surface area contributed by atoms with Gasteiger partial charge in [-0.1, -0.05) is 29.8 Å². The number of carbonyl (C=O) groups is 1. The van der Waals surface area contributed by atoms with Gasteiger partial charge in [-0.3, -0.25) is 4.79 Å². The van der Waals surface area contributed by atoms with Crippen molar-refractivity contribution in [2.45, 2.75) is 19.9 Å². The molecule has 0 unspecified atom stereocenters. The van der Waals surface area contributed by atoms with E-state index in [1.54, 1.807) is 14.2 Å². The second-order valence-electron chi connectivity index (χ2n) is 5.51. The molecule has 2 aromatic rings. The summed E-state index contributed by atoms with van der Waals surface area (Å²) in [7, 11) is 3.23. The van der Waals surface area contributed by atoms with Crippen LogP contribution in [0.3, 0.4) is 0 Å². The molecule has 0 bridgehead atoms. The van der Waals surface area contributed by atoms with Gasteiger partial charge in [0.05, 0.1) is 19.9 Å². The Balaban J connectivity index is 1.79. The molecular weight excluding hydrogens is 304 g/mol. The molecular formula is C19H24N2O3. The third-order valence-corrected chi connectivity index (χ3v) is 3.68. The molecule has 0 aromatic heterocycles. The number of amides is 1. The molecule has 5 heteroatoms. The number of hydrogen-bond donors (Lipinski definition) is 2. The molecule has 5 nitrogen and oxygen atoms in total. The number of ether oxygens (including phenoxy) is 2. The van der Waals surface area contributed by atoms with Crippen LogP contribution in [0.4, 0.5) is 5.69 Å². The molecule has 0 fully saturated rings. The highest BCUT2D eigenvalue weighted by atomic mass is 16.5. The number of nitrogens with one attached hydrogen (secondary N) is 2. The normalized spacial score (nSPS) is 10.1. The predicted molar refractivity (Wildman–Crippen MR) is 95.7 cm³/mol. The highest BCUT2D eigenvalue weighted by Crippen LogP contribution is 2.28. The second-order valence-corrected chi connectivity index (χ2v) is 5.51. The van der Waals surface area contributed by atoms with Crippen LogP contribution in [-0.2, 0) is 11.3 Å². The summed E-state index contributed by atoms with van der Waals surface area (Å²) in [5.41, 5.74) is 3.11. The molecule has 2 rings (SSSR count). The van der Waals surface area contributed by atoms with Gasteiger partial charge in [0.1, 0.15) is 11.5 Å². The Morgan fingerprint density at radius 1 is 1.04 bits per heavy atom. The number of benzene rings is 2. The Hall–Kier alpha value is -2.69. The SMILES string of the molecule is COc1ccc(OC)c(NCCC(=O)NCc2ccc(C)cc2)c1. The van der Waals surface area contributed by atoms with E-state index < -0.39 is 0 Å². The summed E-state index contributed by atoms with van der Waals surface area (Å²) in [5.74, 6) is 1.46. The van der Waals surface area contributed by atoms with Crippen LogP contribution in [0.1, 0.15) is 17.5 Å². The molecule has 2 N–H and O–H groups in total. The van der Waals surface area contributed by atoms with Crippen LogP contribution in [0, 0.1) is 6.92 Å². The fourth-order valence-electron chi connectivity index (χ4n) is 2.26. The van der Waals surface area contributed by atoms with E-state index in [-0.39, 0.29) is 5.91 Å². The Morgan fingerprint density at radius 2 is 1.79 bits per heavy atom. The molecule has 0 aliphatic carbocycles. The summed E-state index contributed by atoms with van der Waals surface area (Å²) < 4.78 is 10.5. The summed E-state index contributed by atoms with van der Waals surface area (Å²) in [5, 5.41) is 6.13. The van der Waals surface area contributed by atoms with E-state index in [1.165, 1.54) is 5.56 Å². The average molecular weight is 328 g/mol. The Morgan fingerprint density at radius 3 is 2.46 bits per heavy atom. The predicted octanol–water partition coefficient (Wildman–Crippen LogP) is 3.13. The van der Waals surface area contributed by atoms with Crippen LogP contribution in [0.25, 0.3) is 0 Å². The van der Waals surface area contributed by atoms with Gasteiger partial charge in [0.15, 0.2) is 0 Å². The van der Waals surface area contributed by atoms with Gasteiger partial charge in [0.25, 0.3) is 0 Å². The van der Waals surface area contributed by atoms with Gasteiger partial charge in [-0.05, 0) is 24.6 Å². The first kappa shape index (κ1) is 17.7. The van der Waals surface area contributed by atoms with E-state index in [0.29, 0.717) is 19.5 Å². The van der Waals surface area contributed by atoms with E-state index in [1.807, 2.05) is 49.4 Å². The lowest BCUT2D eigenvalue weighted by Gasteiger charge is -2.12. The van der Waals surface area contributed by atoms with Crippen LogP contribution < -0.4 is 20.1 Å². The van der Waals surface area contributed by atoms with Crippen LogP contribution in [-0.4, -0.2) is 26.7 Å². The third-order valence-electron chi connectivity index (χ3n) is 3.68. The van der Waals surface area contributed by atoms with Gasteiger partial charge in [-0.25, -0.2) is 0 Å². The van der Waals surface area contributed by atoms with Crippen LogP contribution in [0.2, 0.25) is 0 Å². The van der Waals surface area contributed by atoms with Gasteiger partial charge in [-0.15, -0.1) is 0 Å². The quantitative estimate of drug-likeness (QED) is 0.781. The maximum Gasteiger partial charge on any atom is 0.222 e. The number of rotatable bonds is 8. The molecule has 0 aliphatic rings. The zero-order valence-electron chi connectivity index (χ0n) is 14.4. The van der Waals surface area contributed by atoms with E-state index in [0.717, 1.165) is 22.7 Å². The zero-order valence-corrected chi connectivity index (χ0v) is 14.4. The van der Waals surface area contributed by atoms with Crippen LogP contribution in [0.15, 0.2) is 42.5 Å². The number of anilines is 1. The largest absolute Gasteiger partial charge is 0.497 e. The molecule has 128 valence electrons. The van der Waals surface area contributed by atoms with Crippen molar-refractivity contribution in [2.24, 2.45) is 0 Å². The smallest absolute Gasteiger partial charge is 0.222 e. The van der Waals surface area contributed by atoms with Crippen molar-refractivity contribution in [2.75, 3.05) is 26.1 Å². The number of aryl methyl sites for hydroxylation is 1. The van der Waals surface area contributed by atoms with Crippen molar-refractivity contribution in [1.82, 2.24) is 5.32 Å². The van der Waals surface area contributed by atoms with Gasteiger partial charge < -0.3 is 20.1 Å². The molecule has 0 radical (unpaired) electrons. The standard InChI is InChI=1S/C19H24N2O3/c1-14-4-6-15(7-5-14)13-21-19(22)10-11-20-17-12-16(23-2)8-9-18(17)24-3/h4-9,12,20H,10-11,13H2,1-3H3,(H,21,22). The van der Waals surface area contributed by atoms with Crippen molar-refractivity contribution in [1.29, 1.82) is 0 Å². The summed E-state index contributed by atoms with van der Waals surface area (Å²) in [4.78, 5) is 11.9. The molecule has 0 spiro atoms. The first-order chi connectivity index (χ1) is 11.6. The lowest BCUT2D eigenvalue weighted by Crippen LogP contribution is -2.24. The van der Waals surface area contributed by atoms with Crippen molar-refractivity contribution < 1.29 is 14.3 Å². The van der Waals surface area contributed by atoms with E-state index in [9.17, 15) is 4.79 Å². The van der Waals surface area contributed by atoms with E-state index >= 15 is 0 Å². The van der Waals surface area contributed by atoms with Gasteiger partial charge in [0.2, 0.25) is 5.91 Å². The molecule has 24 heavy (non-hydrogen) atoms. The maximum atomic E-state index is 11.9. The lowest BCUT2D eigenvalue weighted by molar-refractivity contribution is -0.121. The van der Waals surface area contributed by atoms with E-state index in [2.05, 4.69) is 10.6 Å². The topological polar surface area (TPSA) is 59.6 Å². The fourth-order valence-corrected chi connectivity index (χ4v) is 2.26. The van der Waals surface area contributed by atoms with Crippen molar-refractivity contribution in [3.63, 3.8) is 0 Å². The zero-order chi connectivity index (χ0) is 17.4. The van der Waals surface area contributed by atoms with Crippen molar-refractivity contribution in [3.05, 3.63) is 53.6 Å². The third kappa shape index (κ3) is 5.19. The van der Waals surface area contributed by atoms with Gasteiger partial charge in [-0.2, -0.15) is 0 Å². The summed E-state index contributed by atoms with van der Waals surface area (Å²) in [6, 6.07) is 13.6. The number of methoxy groups -OCH3 is 2. The number of carbonyl (C=O) groups excluding carboxylic acids is 1. The molecule has 0 saturated carbocycles. The Labute approximate surface area is 143 Å². The molecule has 0 heterocycles. The average Bonchev–Trinajstić information content (AvgIpc) is 2.61. The Bertz CT molecular complexity index is 669. The van der Waals surface area contributed by atoms with Crippen molar-refractivity contribution >= 4 is 11.6 Å². The first-order valence-corrected chi connectivity index (χ1v) is 7.90. The first-order valence-electron chi connectivity index (χ1n) is 7.90. The minimum atomic E-state index is 0.00457. The van der Waals surface area contributed by atoms with Crippen LogP contribution >= 0.6 is 0 Å². The Kier molecular flexibility index (Phi) is 6.49. The monoisotopic (exact) mass is 328 g/mol. The highest BCUT2D eigenvalue weighted by molar-refractivity contribution is 5.76. The molecule has 2 aromatic carbocycles. The number of hydrogen-bond acceptors (Lipinski definition) is 4. The minimum absolute atomic E-state index is 0.00457.